The molecule has 88 valence electrons. The number of hydrogen-bond donors (Lipinski definition) is 1. The number of ether oxygens (including phenoxy) is 1. The highest BCUT2D eigenvalue weighted by Crippen LogP contribution is 2.20. The predicted octanol–water partition coefficient (Wildman–Crippen LogP) is 2.36. The number of anilines is 1. The lowest BCUT2D eigenvalue weighted by molar-refractivity contribution is 0.212. The van der Waals surface area contributed by atoms with Gasteiger partial charge in [0.05, 0.1) is 5.69 Å². The predicted molar refractivity (Wildman–Crippen MR) is 67.4 cm³/mol. The smallest absolute Gasteiger partial charge is 0.220 e. The van der Waals surface area contributed by atoms with E-state index >= 15 is 0 Å². The summed E-state index contributed by atoms with van der Waals surface area (Å²) in [7, 11) is 0. The van der Waals surface area contributed by atoms with Crippen LogP contribution in [0.4, 0.5) is 5.95 Å². The van der Waals surface area contributed by atoms with Crippen LogP contribution >= 0.6 is 15.9 Å². The van der Waals surface area contributed by atoms with Gasteiger partial charge in [-0.3, -0.25) is 0 Å². The highest BCUT2D eigenvalue weighted by atomic mass is 79.9. The molecule has 0 saturated carbocycles. The van der Waals surface area contributed by atoms with Gasteiger partial charge < -0.3 is 10.5 Å². The van der Waals surface area contributed by atoms with Gasteiger partial charge in [-0.05, 0) is 35.0 Å². The Morgan fingerprint density at radius 3 is 2.82 bits per heavy atom. The highest BCUT2D eigenvalue weighted by molar-refractivity contribution is 9.10. The van der Waals surface area contributed by atoms with Crippen molar-refractivity contribution >= 4 is 21.9 Å². The Morgan fingerprint density at radius 1 is 1.29 bits per heavy atom. The van der Waals surface area contributed by atoms with E-state index in [0.29, 0.717) is 5.88 Å². The van der Waals surface area contributed by atoms with Crippen molar-refractivity contribution in [2.45, 2.75) is 13.0 Å². The molecule has 0 amide bonds. The molecule has 17 heavy (non-hydrogen) atoms. The van der Waals surface area contributed by atoms with E-state index in [9.17, 15) is 0 Å². The van der Waals surface area contributed by atoms with Crippen LogP contribution in [0.5, 0.6) is 5.88 Å². The van der Waals surface area contributed by atoms with Crippen molar-refractivity contribution in [1.29, 1.82) is 0 Å². The minimum atomic E-state index is -0.234. The van der Waals surface area contributed by atoms with Gasteiger partial charge in [-0.1, -0.05) is 6.07 Å². The second kappa shape index (κ2) is 5.09. The van der Waals surface area contributed by atoms with Gasteiger partial charge in [-0.2, -0.15) is 0 Å². The van der Waals surface area contributed by atoms with E-state index in [1.54, 1.807) is 18.3 Å². The third-order valence-electron chi connectivity index (χ3n) is 2.10. The molecule has 0 aliphatic carbocycles. The third-order valence-corrected chi connectivity index (χ3v) is 2.54. The standard InChI is InChI=1S/C11H11BrN4O/c1-7(8-5-6-14-11(13)15-8)17-10-4-2-3-9(12)16-10/h2-7H,1H3,(H2,13,14,15). The van der Waals surface area contributed by atoms with Crippen LogP contribution in [0.1, 0.15) is 18.7 Å². The van der Waals surface area contributed by atoms with Crippen LogP contribution in [0, 0.1) is 0 Å². The number of pyridine rings is 1. The second-order valence-electron chi connectivity index (χ2n) is 3.40. The fourth-order valence-corrected chi connectivity index (χ4v) is 1.64. The van der Waals surface area contributed by atoms with Crippen molar-refractivity contribution < 1.29 is 4.74 Å². The lowest BCUT2D eigenvalue weighted by atomic mass is 10.3. The fraction of sp³-hybridized carbons (Fsp3) is 0.182. The van der Waals surface area contributed by atoms with E-state index < -0.39 is 0 Å². The first-order chi connectivity index (χ1) is 8.15. The number of hydrogen-bond acceptors (Lipinski definition) is 5. The quantitative estimate of drug-likeness (QED) is 0.880. The Kier molecular flexibility index (Phi) is 3.53. The zero-order valence-corrected chi connectivity index (χ0v) is 10.8. The van der Waals surface area contributed by atoms with Crippen molar-refractivity contribution in [2.75, 3.05) is 5.73 Å². The molecule has 6 heteroatoms. The fourth-order valence-electron chi connectivity index (χ4n) is 1.31. The van der Waals surface area contributed by atoms with E-state index in [4.69, 9.17) is 10.5 Å². The first-order valence-electron chi connectivity index (χ1n) is 5.03. The maximum Gasteiger partial charge on any atom is 0.220 e. The summed E-state index contributed by atoms with van der Waals surface area (Å²) in [6, 6.07) is 7.23. The summed E-state index contributed by atoms with van der Waals surface area (Å²) in [4.78, 5) is 12.1. The maximum absolute atomic E-state index is 5.65. The molecule has 0 saturated heterocycles. The summed E-state index contributed by atoms with van der Waals surface area (Å²) >= 11 is 3.28. The number of halogens is 1. The van der Waals surface area contributed by atoms with Crippen LogP contribution < -0.4 is 10.5 Å². The monoisotopic (exact) mass is 294 g/mol. The highest BCUT2D eigenvalue weighted by Gasteiger charge is 2.10. The molecule has 0 aromatic carbocycles. The summed E-state index contributed by atoms with van der Waals surface area (Å²) < 4.78 is 6.38. The van der Waals surface area contributed by atoms with Crippen molar-refractivity contribution in [3.63, 3.8) is 0 Å². The second-order valence-corrected chi connectivity index (χ2v) is 4.21. The summed E-state index contributed by atoms with van der Waals surface area (Å²) in [6.07, 6.45) is 1.37. The molecular formula is C11H11BrN4O. The van der Waals surface area contributed by atoms with E-state index in [2.05, 4.69) is 30.9 Å². The van der Waals surface area contributed by atoms with Gasteiger partial charge in [0, 0.05) is 12.3 Å². The van der Waals surface area contributed by atoms with E-state index in [1.807, 2.05) is 19.1 Å². The Morgan fingerprint density at radius 2 is 2.12 bits per heavy atom. The Labute approximate surface area is 107 Å². The average molecular weight is 295 g/mol. The lowest BCUT2D eigenvalue weighted by Crippen LogP contribution is -2.08. The number of nitrogens with zero attached hydrogens (tertiary/aromatic N) is 3. The Balaban J connectivity index is 2.14. The van der Waals surface area contributed by atoms with Gasteiger partial charge in [0.25, 0.3) is 0 Å². The first-order valence-corrected chi connectivity index (χ1v) is 5.82. The van der Waals surface area contributed by atoms with Crippen molar-refractivity contribution in [1.82, 2.24) is 15.0 Å². The zero-order chi connectivity index (χ0) is 12.3. The van der Waals surface area contributed by atoms with Crippen molar-refractivity contribution in [2.24, 2.45) is 0 Å². The molecule has 0 spiro atoms. The molecule has 2 aromatic heterocycles. The topological polar surface area (TPSA) is 73.9 Å². The molecule has 0 radical (unpaired) electrons. The molecule has 1 atom stereocenters. The Hall–Kier alpha value is -1.69. The van der Waals surface area contributed by atoms with Crippen LogP contribution in [0.25, 0.3) is 0 Å². The molecule has 2 heterocycles. The van der Waals surface area contributed by atoms with Gasteiger partial charge in [0.2, 0.25) is 11.8 Å². The third kappa shape index (κ3) is 3.13. The molecule has 5 nitrogen and oxygen atoms in total. The molecule has 0 aliphatic rings. The van der Waals surface area contributed by atoms with Gasteiger partial charge in [-0.15, -0.1) is 0 Å². The summed E-state index contributed by atoms with van der Waals surface area (Å²) in [5.74, 6) is 0.768. The maximum atomic E-state index is 5.65. The lowest BCUT2D eigenvalue weighted by Gasteiger charge is -2.13. The molecule has 0 aliphatic heterocycles. The number of nitrogens with two attached hydrogens (primary N) is 1. The van der Waals surface area contributed by atoms with Crippen LogP contribution in [0.3, 0.4) is 0 Å². The summed E-state index contributed by atoms with van der Waals surface area (Å²) in [5, 5.41) is 0. The Bertz CT molecular complexity index is 520. The SMILES string of the molecule is CC(Oc1cccc(Br)n1)c1ccnc(N)n1. The molecule has 1 unspecified atom stereocenters. The summed E-state index contributed by atoms with van der Waals surface area (Å²) in [5.41, 5.74) is 6.23. The molecular weight excluding hydrogens is 284 g/mol. The number of rotatable bonds is 3. The van der Waals surface area contributed by atoms with E-state index in [1.165, 1.54) is 0 Å². The van der Waals surface area contributed by atoms with Crippen molar-refractivity contribution in [3.05, 3.63) is 40.8 Å². The van der Waals surface area contributed by atoms with Crippen LogP contribution in [0.15, 0.2) is 35.1 Å². The van der Waals surface area contributed by atoms with Gasteiger partial charge in [0.15, 0.2) is 0 Å². The minimum Gasteiger partial charge on any atom is -0.468 e. The van der Waals surface area contributed by atoms with Crippen molar-refractivity contribution in [3.8, 4) is 5.88 Å². The minimum absolute atomic E-state index is 0.234. The molecule has 0 fully saturated rings. The largest absolute Gasteiger partial charge is 0.468 e. The molecule has 2 aromatic rings. The first kappa shape index (κ1) is 11.8. The number of nitrogen functional groups attached to an aromatic ring is 1. The van der Waals surface area contributed by atoms with Gasteiger partial charge in [-0.25, -0.2) is 15.0 Å². The zero-order valence-electron chi connectivity index (χ0n) is 9.17. The van der Waals surface area contributed by atoms with E-state index in [0.717, 1.165) is 10.3 Å². The molecule has 2 N–H and O–H groups in total. The average Bonchev–Trinajstić information content (AvgIpc) is 2.29. The van der Waals surface area contributed by atoms with Crippen LogP contribution in [-0.4, -0.2) is 15.0 Å². The van der Waals surface area contributed by atoms with Crippen LogP contribution in [0.2, 0.25) is 0 Å². The normalized spacial score (nSPS) is 12.1. The number of aromatic nitrogens is 3. The molecule has 2 rings (SSSR count). The molecule has 0 bridgehead atoms. The van der Waals surface area contributed by atoms with Crippen LogP contribution in [-0.2, 0) is 0 Å². The van der Waals surface area contributed by atoms with E-state index in [-0.39, 0.29) is 12.1 Å². The summed E-state index contributed by atoms with van der Waals surface area (Å²) in [6.45, 7) is 1.88. The van der Waals surface area contributed by atoms with Gasteiger partial charge in [0.1, 0.15) is 10.7 Å². The van der Waals surface area contributed by atoms with Gasteiger partial charge >= 0.3 is 0 Å².